The van der Waals surface area contributed by atoms with Crippen LogP contribution in [0, 0.1) is 5.41 Å². The van der Waals surface area contributed by atoms with Crippen LogP contribution in [0.25, 0.3) is 0 Å². The summed E-state index contributed by atoms with van der Waals surface area (Å²) in [6.45, 7) is 9.30. The third-order valence-electron chi connectivity index (χ3n) is 5.05. The van der Waals surface area contributed by atoms with Crippen molar-refractivity contribution in [1.29, 1.82) is 0 Å². The Balaban J connectivity index is 1.58. The predicted octanol–water partition coefficient (Wildman–Crippen LogP) is 2.35. The molecule has 2 nitrogen and oxygen atoms in total. The van der Waals surface area contributed by atoms with Crippen LogP contribution in [0.4, 0.5) is 0 Å². The summed E-state index contributed by atoms with van der Waals surface area (Å²) in [6.07, 6.45) is 8.70. The third-order valence-corrected chi connectivity index (χ3v) is 5.05. The van der Waals surface area contributed by atoms with Crippen LogP contribution in [-0.4, -0.2) is 48.6 Å². The van der Waals surface area contributed by atoms with Gasteiger partial charge in [0.2, 0.25) is 0 Å². The highest BCUT2D eigenvalue weighted by Gasteiger charge is 2.36. The first kappa shape index (κ1) is 11.0. The lowest BCUT2D eigenvalue weighted by Crippen LogP contribution is -2.44. The second-order valence-corrected chi connectivity index (χ2v) is 6.58. The Morgan fingerprint density at radius 2 is 1.88 bits per heavy atom. The van der Waals surface area contributed by atoms with E-state index in [-0.39, 0.29) is 0 Å². The second-order valence-electron chi connectivity index (χ2n) is 6.58. The van der Waals surface area contributed by atoms with Crippen LogP contribution in [-0.2, 0) is 0 Å². The fourth-order valence-corrected chi connectivity index (χ4v) is 3.90. The summed E-state index contributed by atoms with van der Waals surface area (Å²) in [6, 6.07) is 0.895. The highest BCUT2D eigenvalue weighted by molar-refractivity contribution is 4.90. The minimum atomic E-state index is 0.674. The predicted molar refractivity (Wildman–Crippen MR) is 67.6 cm³/mol. The molecule has 0 aromatic carbocycles. The van der Waals surface area contributed by atoms with E-state index in [1.165, 1.54) is 71.2 Å². The second kappa shape index (κ2) is 4.30. The van der Waals surface area contributed by atoms with Crippen LogP contribution in [0.5, 0.6) is 0 Å². The van der Waals surface area contributed by atoms with Gasteiger partial charge in [0.05, 0.1) is 0 Å². The molecule has 0 bridgehead atoms. The van der Waals surface area contributed by atoms with Gasteiger partial charge in [0.1, 0.15) is 0 Å². The maximum atomic E-state index is 2.77. The Bertz CT molecular complexity index is 247. The molecule has 16 heavy (non-hydrogen) atoms. The third kappa shape index (κ3) is 2.14. The van der Waals surface area contributed by atoms with Crippen LogP contribution in [0.15, 0.2) is 0 Å². The Labute approximate surface area is 100.0 Å². The van der Waals surface area contributed by atoms with Crippen LogP contribution in [0.1, 0.15) is 45.4 Å². The number of nitrogens with zero attached hydrogens (tertiary/aromatic N) is 2. The number of rotatable bonds is 2. The van der Waals surface area contributed by atoms with Crippen molar-refractivity contribution in [2.45, 2.75) is 51.5 Å². The van der Waals surface area contributed by atoms with Gasteiger partial charge in [0, 0.05) is 19.1 Å². The molecule has 0 spiro atoms. The lowest BCUT2D eigenvalue weighted by Gasteiger charge is -2.42. The molecular weight excluding hydrogens is 196 g/mol. The molecule has 2 heteroatoms. The van der Waals surface area contributed by atoms with Crippen molar-refractivity contribution in [1.82, 2.24) is 9.80 Å². The Hall–Kier alpha value is -0.0800. The zero-order valence-electron chi connectivity index (χ0n) is 10.7. The fraction of sp³-hybridized carbons (Fsp3) is 1.00. The lowest BCUT2D eigenvalue weighted by molar-refractivity contribution is 0.0808. The fourth-order valence-electron chi connectivity index (χ4n) is 3.90. The van der Waals surface area contributed by atoms with Gasteiger partial charge in [-0.1, -0.05) is 13.3 Å². The number of hydrogen-bond acceptors (Lipinski definition) is 2. The van der Waals surface area contributed by atoms with Gasteiger partial charge < -0.3 is 4.90 Å². The average Bonchev–Trinajstić information content (AvgIpc) is 2.56. The van der Waals surface area contributed by atoms with Crippen molar-refractivity contribution in [2.75, 3.05) is 32.7 Å². The maximum absolute atomic E-state index is 2.77. The van der Waals surface area contributed by atoms with Gasteiger partial charge in [-0.05, 0) is 57.2 Å². The molecule has 0 amide bonds. The molecule has 3 aliphatic rings. The quantitative estimate of drug-likeness (QED) is 0.707. The van der Waals surface area contributed by atoms with Crippen LogP contribution in [0.2, 0.25) is 0 Å². The SMILES string of the molecule is CC1(CN2CCCN3CCCC3C2)CCC1. The number of hydrogen-bond donors (Lipinski definition) is 0. The monoisotopic (exact) mass is 222 g/mol. The van der Waals surface area contributed by atoms with E-state index in [0.717, 1.165) is 6.04 Å². The first-order valence-corrected chi connectivity index (χ1v) is 7.22. The summed E-state index contributed by atoms with van der Waals surface area (Å²) < 4.78 is 0. The van der Waals surface area contributed by atoms with E-state index < -0.39 is 0 Å². The Morgan fingerprint density at radius 3 is 2.62 bits per heavy atom. The average molecular weight is 222 g/mol. The van der Waals surface area contributed by atoms with Gasteiger partial charge in [-0.2, -0.15) is 0 Å². The largest absolute Gasteiger partial charge is 0.301 e. The molecule has 0 aromatic heterocycles. The van der Waals surface area contributed by atoms with Crippen molar-refractivity contribution in [3.05, 3.63) is 0 Å². The molecule has 1 unspecified atom stereocenters. The van der Waals surface area contributed by atoms with E-state index in [4.69, 9.17) is 0 Å². The van der Waals surface area contributed by atoms with Crippen molar-refractivity contribution in [2.24, 2.45) is 5.41 Å². The molecule has 2 aliphatic heterocycles. The van der Waals surface area contributed by atoms with Gasteiger partial charge in [0.15, 0.2) is 0 Å². The summed E-state index contributed by atoms with van der Waals surface area (Å²) >= 11 is 0. The maximum Gasteiger partial charge on any atom is 0.0223 e. The van der Waals surface area contributed by atoms with Gasteiger partial charge in [0.25, 0.3) is 0 Å². The molecule has 1 atom stereocenters. The lowest BCUT2D eigenvalue weighted by atomic mass is 9.70. The van der Waals surface area contributed by atoms with Crippen LogP contribution < -0.4 is 0 Å². The molecule has 92 valence electrons. The summed E-state index contributed by atoms with van der Waals surface area (Å²) in [5, 5.41) is 0. The first-order valence-electron chi connectivity index (χ1n) is 7.22. The molecular formula is C14H26N2. The zero-order valence-corrected chi connectivity index (χ0v) is 10.7. The van der Waals surface area contributed by atoms with Gasteiger partial charge in [-0.25, -0.2) is 0 Å². The van der Waals surface area contributed by atoms with Gasteiger partial charge in [-0.3, -0.25) is 4.90 Å². The minimum Gasteiger partial charge on any atom is -0.301 e. The van der Waals surface area contributed by atoms with Crippen LogP contribution in [0.3, 0.4) is 0 Å². The number of fused-ring (bicyclic) bond motifs is 1. The van der Waals surface area contributed by atoms with Gasteiger partial charge in [-0.15, -0.1) is 0 Å². The van der Waals surface area contributed by atoms with E-state index >= 15 is 0 Å². The summed E-state index contributed by atoms with van der Waals surface area (Å²) in [7, 11) is 0. The topological polar surface area (TPSA) is 6.48 Å². The van der Waals surface area contributed by atoms with E-state index in [9.17, 15) is 0 Å². The van der Waals surface area contributed by atoms with Crippen molar-refractivity contribution < 1.29 is 0 Å². The van der Waals surface area contributed by atoms with Gasteiger partial charge >= 0.3 is 0 Å². The standard InChI is InChI=1S/C14H26N2/c1-14(6-3-7-14)12-15-8-4-10-16-9-2-5-13(16)11-15/h13H,2-12H2,1H3. The van der Waals surface area contributed by atoms with Crippen molar-refractivity contribution >= 4 is 0 Å². The van der Waals surface area contributed by atoms with Crippen LogP contribution >= 0.6 is 0 Å². The van der Waals surface area contributed by atoms with E-state index in [1.54, 1.807) is 0 Å². The molecule has 3 rings (SSSR count). The summed E-state index contributed by atoms with van der Waals surface area (Å²) in [5.74, 6) is 0. The zero-order chi connectivity index (χ0) is 11.0. The van der Waals surface area contributed by atoms with Crippen molar-refractivity contribution in [3.8, 4) is 0 Å². The molecule has 0 aromatic rings. The molecule has 2 heterocycles. The molecule has 3 fully saturated rings. The van der Waals surface area contributed by atoms with E-state index in [2.05, 4.69) is 16.7 Å². The van der Waals surface area contributed by atoms with E-state index in [1.807, 2.05) is 0 Å². The minimum absolute atomic E-state index is 0.674. The normalized spacial score (nSPS) is 35.4. The highest BCUT2D eigenvalue weighted by atomic mass is 15.3. The van der Waals surface area contributed by atoms with E-state index in [0.29, 0.717) is 5.41 Å². The Kier molecular flexibility index (Phi) is 2.97. The molecule has 1 saturated carbocycles. The smallest absolute Gasteiger partial charge is 0.0223 e. The first-order chi connectivity index (χ1) is 7.75. The van der Waals surface area contributed by atoms with Crippen molar-refractivity contribution in [3.63, 3.8) is 0 Å². The Morgan fingerprint density at radius 1 is 1.06 bits per heavy atom. The molecule has 0 radical (unpaired) electrons. The summed E-state index contributed by atoms with van der Waals surface area (Å²) in [5.41, 5.74) is 0.674. The molecule has 1 aliphatic carbocycles. The molecule has 2 saturated heterocycles. The molecule has 0 N–H and O–H groups in total. The highest BCUT2D eigenvalue weighted by Crippen LogP contribution is 2.41. The summed E-state index contributed by atoms with van der Waals surface area (Å²) in [4.78, 5) is 5.51.